The summed E-state index contributed by atoms with van der Waals surface area (Å²) in [5, 5.41) is 8.85. The Labute approximate surface area is 75.3 Å². The summed E-state index contributed by atoms with van der Waals surface area (Å²) in [5.41, 5.74) is 0. The molecule has 0 aromatic heterocycles. The van der Waals surface area contributed by atoms with E-state index in [4.69, 9.17) is 5.11 Å². The summed E-state index contributed by atoms with van der Waals surface area (Å²) in [5.74, 6) is 0.623. The first-order valence-electron chi connectivity index (χ1n) is 3.94. The predicted octanol–water partition coefficient (Wildman–Crippen LogP) is 0.679. The molecule has 2 aliphatic heterocycles. The van der Waals surface area contributed by atoms with Gasteiger partial charge in [0.1, 0.15) is 5.82 Å². The van der Waals surface area contributed by atoms with Gasteiger partial charge in [0, 0.05) is 12.4 Å². The molecule has 5 heteroatoms. The van der Waals surface area contributed by atoms with Crippen molar-refractivity contribution in [1.82, 2.24) is 9.80 Å². The molecule has 0 aromatic carbocycles. The fourth-order valence-corrected chi connectivity index (χ4v) is 1.33. The van der Waals surface area contributed by atoms with Gasteiger partial charge in [-0.3, -0.25) is 9.89 Å². The molecule has 1 N–H and O–H groups in total. The Morgan fingerprint density at radius 2 is 2.38 bits per heavy atom. The van der Waals surface area contributed by atoms with Crippen LogP contribution in [-0.4, -0.2) is 40.3 Å². The zero-order valence-electron chi connectivity index (χ0n) is 6.92. The number of carboxylic acid groups (broad SMARTS) is 1. The third kappa shape index (κ3) is 1.28. The number of rotatable bonds is 0. The molecule has 13 heavy (non-hydrogen) atoms. The van der Waals surface area contributed by atoms with Crippen LogP contribution in [0.25, 0.3) is 0 Å². The Hall–Kier alpha value is -1.78. The monoisotopic (exact) mass is 179 g/mol. The molecule has 0 bridgehead atoms. The number of hydrogen-bond acceptors (Lipinski definition) is 3. The van der Waals surface area contributed by atoms with Crippen LogP contribution in [0, 0.1) is 0 Å². The normalized spacial score (nSPS) is 19.8. The van der Waals surface area contributed by atoms with E-state index in [9.17, 15) is 4.79 Å². The van der Waals surface area contributed by atoms with Crippen molar-refractivity contribution in [1.29, 1.82) is 0 Å². The van der Waals surface area contributed by atoms with E-state index >= 15 is 0 Å². The number of carbonyl (C=O) groups is 1. The van der Waals surface area contributed by atoms with Crippen molar-refractivity contribution in [3.8, 4) is 0 Å². The lowest BCUT2D eigenvalue weighted by Gasteiger charge is -2.33. The zero-order valence-corrected chi connectivity index (χ0v) is 6.92. The largest absolute Gasteiger partial charge is 0.465 e. The Morgan fingerprint density at radius 1 is 1.54 bits per heavy atom. The second kappa shape index (κ2) is 2.93. The highest BCUT2D eigenvalue weighted by atomic mass is 16.4. The van der Waals surface area contributed by atoms with E-state index in [0.29, 0.717) is 18.9 Å². The first-order valence-corrected chi connectivity index (χ1v) is 3.94. The average molecular weight is 179 g/mol. The van der Waals surface area contributed by atoms with Gasteiger partial charge in [-0.15, -0.1) is 0 Å². The fourth-order valence-electron chi connectivity index (χ4n) is 1.33. The summed E-state index contributed by atoms with van der Waals surface area (Å²) in [7, 11) is 0. The Morgan fingerprint density at radius 3 is 3.15 bits per heavy atom. The van der Waals surface area contributed by atoms with Gasteiger partial charge in [-0.2, -0.15) is 0 Å². The van der Waals surface area contributed by atoms with Gasteiger partial charge < -0.3 is 10.0 Å². The summed E-state index contributed by atoms with van der Waals surface area (Å²) in [6.45, 7) is 1.03. The summed E-state index contributed by atoms with van der Waals surface area (Å²) in [4.78, 5) is 17.8. The predicted molar refractivity (Wildman–Crippen MR) is 47.2 cm³/mol. The van der Waals surface area contributed by atoms with E-state index in [1.54, 1.807) is 12.4 Å². The zero-order chi connectivity index (χ0) is 9.26. The molecule has 2 heterocycles. The first-order chi connectivity index (χ1) is 6.29. The molecular weight excluding hydrogens is 170 g/mol. The van der Waals surface area contributed by atoms with Crippen molar-refractivity contribution < 1.29 is 9.90 Å². The quantitative estimate of drug-likeness (QED) is 0.594. The highest BCUT2D eigenvalue weighted by Gasteiger charge is 2.23. The van der Waals surface area contributed by atoms with Crippen molar-refractivity contribution in [2.45, 2.75) is 0 Å². The SMILES string of the molecule is O=C(O)N1CC=CN2CC=NC=C21. The van der Waals surface area contributed by atoms with Crippen LogP contribution in [0.5, 0.6) is 0 Å². The van der Waals surface area contributed by atoms with Crippen LogP contribution in [0.15, 0.2) is 29.3 Å². The van der Waals surface area contributed by atoms with Crippen molar-refractivity contribution in [2.75, 3.05) is 13.1 Å². The van der Waals surface area contributed by atoms with Crippen LogP contribution in [-0.2, 0) is 0 Å². The van der Waals surface area contributed by atoms with Crippen LogP contribution < -0.4 is 0 Å². The lowest BCUT2D eigenvalue weighted by molar-refractivity contribution is 0.148. The van der Waals surface area contributed by atoms with Crippen molar-refractivity contribution >= 4 is 12.3 Å². The molecule has 68 valence electrons. The van der Waals surface area contributed by atoms with Gasteiger partial charge in [0.05, 0.1) is 19.3 Å². The lowest BCUT2D eigenvalue weighted by Crippen LogP contribution is -2.41. The standard InChI is InChI=1S/C8H9N3O2/c12-8(13)11-4-1-3-10-5-2-9-6-7(10)11/h1-3,6H,4-5H2,(H,12,13). The van der Waals surface area contributed by atoms with E-state index in [-0.39, 0.29) is 0 Å². The lowest BCUT2D eigenvalue weighted by atomic mass is 10.3. The van der Waals surface area contributed by atoms with Gasteiger partial charge in [-0.1, -0.05) is 0 Å². The maximum absolute atomic E-state index is 10.8. The Bertz CT molecular complexity index is 319. The summed E-state index contributed by atoms with van der Waals surface area (Å²) >= 11 is 0. The molecule has 0 atom stereocenters. The first kappa shape index (κ1) is 7.85. The smallest absolute Gasteiger partial charge is 0.413 e. The van der Waals surface area contributed by atoms with Crippen LogP contribution in [0.4, 0.5) is 4.79 Å². The number of fused-ring (bicyclic) bond motifs is 1. The highest BCUT2D eigenvalue weighted by Crippen LogP contribution is 2.17. The number of nitrogens with zero attached hydrogens (tertiary/aromatic N) is 3. The molecule has 0 aliphatic carbocycles. The highest BCUT2D eigenvalue weighted by molar-refractivity contribution is 5.70. The molecule has 0 aromatic rings. The maximum Gasteiger partial charge on any atom is 0.413 e. The Kier molecular flexibility index (Phi) is 1.77. The third-order valence-corrected chi connectivity index (χ3v) is 1.95. The third-order valence-electron chi connectivity index (χ3n) is 1.95. The molecule has 2 rings (SSSR count). The number of aliphatic imine (C=N–C) groups is 1. The van der Waals surface area contributed by atoms with Crippen LogP contribution >= 0.6 is 0 Å². The van der Waals surface area contributed by atoms with Crippen LogP contribution in [0.1, 0.15) is 0 Å². The summed E-state index contributed by atoms with van der Waals surface area (Å²) in [6, 6.07) is 0. The summed E-state index contributed by atoms with van der Waals surface area (Å²) < 4.78 is 0. The average Bonchev–Trinajstić information content (AvgIpc) is 2.17. The molecule has 5 nitrogen and oxygen atoms in total. The van der Waals surface area contributed by atoms with Crippen molar-refractivity contribution in [3.05, 3.63) is 24.3 Å². The molecule has 2 aliphatic rings. The van der Waals surface area contributed by atoms with E-state index < -0.39 is 6.09 Å². The van der Waals surface area contributed by atoms with Gasteiger partial charge in [0.25, 0.3) is 0 Å². The van der Waals surface area contributed by atoms with E-state index in [1.165, 1.54) is 4.90 Å². The molecule has 1 amide bonds. The fraction of sp³-hybridized carbons (Fsp3) is 0.250. The summed E-state index contributed by atoms with van der Waals surface area (Å²) in [6.07, 6.45) is 6.03. The van der Waals surface area contributed by atoms with Gasteiger partial charge in [-0.05, 0) is 6.08 Å². The second-order valence-electron chi connectivity index (χ2n) is 2.75. The van der Waals surface area contributed by atoms with Crippen LogP contribution in [0.2, 0.25) is 0 Å². The minimum absolute atomic E-state index is 0.396. The van der Waals surface area contributed by atoms with E-state index in [1.807, 2.05) is 17.2 Å². The maximum atomic E-state index is 10.8. The second-order valence-corrected chi connectivity index (χ2v) is 2.75. The van der Waals surface area contributed by atoms with Gasteiger partial charge in [0.2, 0.25) is 0 Å². The molecular formula is C8H9N3O2. The topological polar surface area (TPSA) is 56.1 Å². The molecule has 0 saturated carbocycles. The molecule has 0 spiro atoms. The Balaban J connectivity index is 2.32. The van der Waals surface area contributed by atoms with Crippen molar-refractivity contribution in [2.24, 2.45) is 4.99 Å². The van der Waals surface area contributed by atoms with Gasteiger partial charge >= 0.3 is 6.09 Å². The van der Waals surface area contributed by atoms with Crippen molar-refractivity contribution in [3.63, 3.8) is 0 Å². The molecule has 0 unspecified atom stereocenters. The van der Waals surface area contributed by atoms with Gasteiger partial charge in [0.15, 0.2) is 0 Å². The minimum Gasteiger partial charge on any atom is -0.465 e. The molecule has 0 radical (unpaired) electrons. The molecule has 0 fully saturated rings. The van der Waals surface area contributed by atoms with E-state index in [2.05, 4.69) is 4.99 Å². The minimum atomic E-state index is -0.947. The van der Waals surface area contributed by atoms with Crippen LogP contribution in [0.3, 0.4) is 0 Å². The number of amides is 1. The molecule has 0 saturated heterocycles. The van der Waals surface area contributed by atoms with Gasteiger partial charge in [-0.25, -0.2) is 4.79 Å². The number of hydrogen-bond donors (Lipinski definition) is 1. The van der Waals surface area contributed by atoms with E-state index in [0.717, 1.165) is 0 Å².